The number of urea groups is 1. The molecule has 7 nitrogen and oxygen atoms in total. The van der Waals surface area contributed by atoms with Crippen molar-refractivity contribution in [3.8, 4) is 0 Å². The fourth-order valence-corrected chi connectivity index (χ4v) is 4.86. The zero-order chi connectivity index (χ0) is 23.0. The molecular formula is C20H24F3N3O4S. The number of nitrogens with one attached hydrogen (secondary N) is 2. The molecule has 0 bridgehead atoms. The second-order valence-corrected chi connectivity index (χ2v) is 9.45. The fraction of sp³-hybridized carbons (Fsp3) is 0.450. The standard InChI is InChI=1S/C20H24F3N3O4S/c1-12-5-4-6-16(13(12)2)24-19(27)25-17-11-18(30-14(17)3)31(28,29)26-9-7-15(8-10-26)20(21,22)23/h4-6,11,15H,7-10H2,1-3H3,(H2,24,25,27). The molecule has 1 aliphatic rings. The predicted octanol–water partition coefficient (Wildman–Crippen LogP) is 4.81. The number of anilines is 2. The molecule has 0 radical (unpaired) electrons. The van der Waals surface area contributed by atoms with Crippen molar-refractivity contribution in [2.24, 2.45) is 5.92 Å². The van der Waals surface area contributed by atoms with Crippen molar-refractivity contribution < 1.29 is 30.8 Å². The van der Waals surface area contributed by atoms with Gasteiger partial charge in [-0.1, -0.05) is 12.1 Å². The van der Waals surface area contributed by atoms with Gasteiger partial charge >= 0.3 is 12.2 Å². The highest BCUT2D eigenvalue weighted by molar-refractivity contribution is 7.89. The molecule has 170 valence electrons. The highest BCUT2D eigenvalue weighted by Gasteiger charge is 2.43. The second-order valence-electron chi connectivity index (χ2n) is 7.58. The van der Waals surface area contributed by atoms with Crippen LogP contribution < -0.4 is 10.6 Å². The molecule has 2 N–H and O–H groups in total. The SMILES string of the molecule is Cc1cccc(NC(=O)Nc2cc(S(=O)(=O)N3CCC(C(F)(F)F)CC3)oc2C)c1C. The van der Waals surface area contributed by atoms with Crippen molar-refractivity contribution in [1.82, 2.24) is 4.31 Å². The Morgan fingerprint density at radius 2 is 1.71 bits per heavy atom. The average molecular weight is 459 g/mol. The van der Waals surface area contributed by atoms with E-state index in [9.17, 15) is 26.4 Å². The van der Waals surface area contributed by atoms with E-state index in [0.29, 0.717) is 5.69 Å². The number of carbonyl (C=O) groups is 1. The van der Waals surface area contributed by atoms with Gasteiger partial charge < -0.3 is 15.1 Å². The Labute approximate surface area is 178 Å². The third kappa shape index (κ3) is 5.04. The van der Waals surface area contributed by atoms with Gasteiger partial charge in [-0.25, -0.2) is 13.2 Å². The molecule has 1 aromatic carbocycles. The van der Waals surface area contributed by atoms with Crippen molar-refractivity contribution in [3.63, 3.8) is 0 Å². The summed E-state index contributed by atoms with van der Waals surface area (Å²) in [6, 6.07) is 6.04. The lowest BCUT2D eigenvalue weighted by atomic mass is 9.98. The van der Waals surface area contributed by atoms with Crippen molar-refractivity contribution in [2.45, 2.75) is 44.9 Å². The Kier molecular flexibility index (Phi) is 6.38. The molecular weight excluding hydrogens is 435 g/mol. The van der Waals surface area contributed by atoms with Crippen molar-refractivity contribution in [1.29, 1.82) is 0 Å². The first-order chi connectivity index (χ1) is 14.4. The summed E-state index contributed by atoms with van der Waals surface area (Å²) in [6.45, 7) is 4.76. The molecule has 1 fully saturated rings. The number of nitrogens with zero attached hydrogens (tertiary/aromatic N) is 1. The minimum absolute atomic E-state index is 0.159. The van der Waals surface area contributed by atoms with Gasteiger partial charge in [0, 0.05) is 24.8 Å². The first-order valence-electron chi connectivity index (χ1n) is 9.71. The van der Waals surface area contributed by atoms with E-state index in [-0.39, 0.29) is 37.4 Å². The van der Waals surface area contributed by atoms with Crippen LogP contribution in [0.5, 0.6) is 0 Å². The number of alkyl halides is 3. The van der Waals surface area contributed by atoms with Crippen LogP contribution in [0.2, 0.25) is 0 Å². The number of carbonyl (C=O) groups excluding carboxylic acids is 1. The summed E-state index contributed by atoms with van der Waals surface area (Å²) < 4.78 is 70.4. The number of benzene rings is 1. The Hall–Kier alpha value is -2.53. The van der Waals surface area contributed by atoms with E-state index in [2.05, 4.69) is 10.6 Å². The van der Waals surface area contributed by atoms with Gasteiger partial charge in [-0.15, -0.1) is 0 Å². The monoisotopic (exact) mass is 459 g/mol. The van der Waals surface area contributed by atoms with Gasteiger partial charge in [0.1, 0.15) is 5.76 Å². The molecule has 0 saturated carbocycles. The largest absolute Gasteiger partial charge is 0.446 e. The van der Waals surface area contributed by atoms with E-state index in [1.807, 2.05) is 19.9 Å². The van der Waals surface area contributed by atoms with E-state index in [1.54, 1.807) is 12.1 Å². The van der Waals surface area contributed by atoms with Crippen LogP contribution in [0.4, 0.5) is 29.3 Å². The van der Waals surface area contributed by atoms with E-state index in [4.69, 9.17) is 4.42 Å². The molecule has 2 heterocycles. The minimum Gasteiger partial charge on any atom is -0.446 e. The summed E-state index contributed by atoms with van der Waals surface area (Å²) in [4.78, 5) is 12.4. The number of rotatable bonds is 4. The van der Waals surface area contributed by atoms with Crippen LogP contribution in [-0.4, -0.2) is 38.0 Å². The normalized spacial score (nSPS) is 16.3. The second kappa shape index (κ2) is 8.54. The molecule has 1 aliphatic heterocycles. The van der Waals surface area contributed by atoms with Crippen LogP contribution >= 0.6 is 0 Å². The van der Waals surface area contributed by atoms with Crippen LogP contribution in [0, 0.1) is 26.7 Å². The number of aryl methyl sites for hydroxylation is 2. The van der Waals surface area contributed by atoms with Gasteiger partial charge in [0.05, 0.1) is 11.6 Å². The van der Waals surface area contributed by atoms with Crippen molar-refractivity contribution in [3.05, 3.63) is 41.2 Å². The first kappa shape index (κ1) is 23.1. The lowest BCUT2D eigenvalue weighted by Gasteiger charge is -2.31. The van der Waals surface area contributed by atoms with E-state index in [0.717, 1.165) is 15.4 Å². The molecule has 0 aliphatic carbocycles. The fourth-order valence-electron chi connectivity index (χ4n) is 3.42. The number of hydrogen-bond donors (Lipinski definition) is 2. The third-order valence-corrected chi connectivity index (χ3v) is 7.26. The summed E-state index contributed by atoms with van der Waals surface area (Å²) in [5.74, 6) is -1.34. The lowest BCUT2D eigenvalue weighted by Crippen LogP contribution is -2.41. The molecule has 31 heavy (non-hydrogen) atoms. The average Bonchev–Trinajstić information content (AvgIpc) is 3.06. The number of piperidine rings is 1. The summed E-state index contributed by atoms with van der Waals surface area (Å²) >= 11 is 0. The number of furan rings is 1. The van der Waals surface area contributed by atoms with Gasteiger partial charge in [-0.05, 0) is 50.8 Å². The Morgan fingerprint density at radius 3 is 2.32 bits per heavy atom. The third-order valence-electron chi connectivity index (χ3n) is 5.51. The molecule has 11 heteroatoms. The number of hydrogen-bond acceptors (Lipinski definition) is 4. The topological polar surface area (TPSA) is 91.7 Å². The Bertz CT molecular complexity index is 1070. The number of sulfonamides is 1. The van der Waals surface area contributed by atoms with Crippen molar-refractivity contribution >= 4 is 27.4 Å². The van der Waals surface area contributed by atoms with Crippen LogP contribution in [0.3, 0.4) is 0 Å². The molecule has 0 atom stereocenters. The number of halogens is 3. The van der Waals surface area contributed by atoms with Gasteiger partial charge in [0.25, 0.3) is 10.0 Å². The molecule has 0 unspecified atom stereocenters. The van der Waals surface area contributed by atoms with Gasteiger partial charge in [0.2, 0.25) is 5.09 Å². The summed E-state index contributed by atoms with van der Waals surface area (Å²) in [7, 11) is -4.11. The minimum atomic E-state index is -4.34. The van der Waals surface area contributed by atoms with E-state index in [1.165, 1.54) is 13.0 Å². The van der Waals surface area contributed by atoms with Crippen LogP contribution in [0.15, 0.2) is 33.8 Å². The summed E-state index contributed by atoms with van der Waals surface area (Å²) in [5.41, 5.74) is 2.66. The zero-order valence-corrected chi connectivity index (χ0v) is 18.2. The Morgan fingerprint density at radius 1 is 1.10 bits per heavy atom. The number of amides is 2. The molecule has 2 aromatic rings. The van der Waals surface area contributed by atoms with Crippen molar-refractivity contribution in [2.75, 3.05) is 23.7 Å². The highest BCUT2D eigenvalue weighted by Crippen LogP contribution is 2.36. The van der Waals surface area contributed by atoms with Gasteiger partial charge in [-0.3, -0.25) is 0 Å². The lowest BCUT2D eigenvalue weighted by molar-refractivity contribution is -0.182. The summed E-state index contributed by atoms with van der Waals surface area (Å²) in [5, 5.41) is 4.83. The van der Waals surface area contributed by atoms with Crippen LogP contribution in [0.25, 0.3) is 0 Å². The molecule has 1 saturated heterocycles. The Balaban J connectivity index is 1.70. The maximum absolute atomic E-state index is 12.8. The van der Waals surface area contributed by atoms with Crippen LogP contribution in [0.1, 0.15) is 29.7 Å². The first-order valence-corrected chi connectivity index (χ1v) is 11.1. The highest BCUT2D eigenvalue weighted by atomic mass is 32.2. The molecule has 3 rings (SSSR count). The van der Waals surface area contributed by atoms with Crippen LogP contribution in [-0.2, 0) is 10.0 Å². The molecule has 0 spiro atoms. The predicted molar refractivity (Wildman–Crippen MR) is 110 cm³/mol. The van der Waals surface area contributed by atoms with E-state index >= 15 is 0 Å². The quantitative estimate of drug-likeness (QED) is 0.686. The molecule has 1 aromatic heterocycles. The summed E-state index contributed by atoms with van der Waals surface area (Å²) in [6.07, 6.45) is -4.94. The smallest absolute Gasteiger partial charge is 0.391 e. The van der Waals surface area contributed by atoms with Gasteiger partial charge in [0.15, 0.2) is 0 Å². The maximum atomic E-state index is 12.8. The van der Waals surface area contributed by atoms with Gasteiger partial charge in [-0.2, -0.15) is 17.5 Å². The zero-order valence-electron chi connectivity index (χ0n) is 17.3. The molecule has 2 amide bonds. The van der Waals surface area contributed by atoms with E-state index < -0.39 is 33.2 Å². The maximum Gasteiger partial charge on any atom is 0.391 e.